The van der Waals surface area contributed by atoms with E-state index < -0.39 is 16.3 Å². The molecular weight excluding hydrogens is 205 g/mol. The second-order valence-electron chi connectivity index (χ2n) is 2.57. The van der Waals surface area contributed by atoms with Crippen molar-refractivity contribution in [3.63, 3.8) is 0 Å². The maximum atomic E-state index is 10.7. The van der Waals surface area contributed by atoms with E-state index in [0.29, 0.717) is 13.0 Å². The highest BCUT2D eigenvalue weighted by Crippen LogP contribution is 2.34. The Morgan fingerprint density at radius 2 is 2.08 bits per heavy atom. The minimum Gasteiger partial charge on any atom is -0.479 e. The number of carbonyl (C=O) groups excluding carboxylic acids is 1. The first-order valence-corrected chi connectivity index (χ1v) is 4.13. The number of carbonyl (C=O) groups is 2. The summed E-state index contributed by atoms with van der Waals surface area (Å²) in [5.41, 5.74) is 0. The number of carboxylic acids is 1. The molecule has 1 N–H and O–H groups in total. The van der Waals surface area contributed by atoms with Gasteiger partial charge < -0.3 is 10.0 Å². The monoisotopic (exact) mass is 211 g/mol. The Kier molecular flexibility index (Phi) is 2.49. The van der Waals surface area contributed by atoms with Crippen molar-refractivity contribution in [1.82, 2.24) is 4.90 Å². The van der Waals surface area contributed by atoms with Gasteiger partial charge >= 0.3 is 11.3 Å². The smallest absolute Gasteiger partial charge is 0.345 e. The van der Waals surface area contributed by atoms with E-state index in [0.717, 1.165) is 4.90 Å². The molecule has 1 unspecified atom stereocenters. The fourth-order valence-corrected chi connectivity index (χ4v) is 1.80. The molecule has 1 aliphatic heterocycles. The Bertz CT molecular complexity index is 233. The first-order valence-electron chi connectivity index (χ1n) is 3.38. The first kappa shape index (κ1) is 9.61. The summed E-state index contributed by atoms with van der Waals surface area (Å²) in [7, 11) is 0. The van der Waals surface area contributed by atoms with Crippen LogP contribution in [0.3, 0.4) is 0 Å². The molecule has 0 saturated carbocycles. The van der Waals surface area contributed by atoms with Gasteiger partial charge in [0, 0.05) is 6.54 Å². The van der Waals surface area contributed by atoms with E-state index in [4.69, 9.17) is 28.3 Å². The number of likely N-dealkylation sites (tertiary alicyclic amines) is 1. The number of hydrogen-bond donors (Lipinski definition) is 1. The van der Waals surface area contributed by atoms with Crippen LogP contribution < -0.4 is 0 Å². The van der Waals surface area contributed by atoms with Gasteiger partial charge in [0.15, 0.2) is 0 Å². The number of hydrogen-bond acceptors (Lipinski definition) is 2. The molecule has 0 spiro atoms. The molecule has 6 heteroatoms. The Morgan fingerprint density at radius 1 is 1.50 bits per heavy atom. The molecule has 1 heterocycles. The van der Waals surface area contributed by atoms with Crippen LogP contribution in [0.1, 0.15) is 12.8 Å². The highest BCUT2D eigenvalue weighted by atomic mass is 35.5. The lowest BCUT2D eigenvalue weighted by atomic mass is 10.2. The Labute approximate surface area is 79.0 Å². The quantitative estimate of drug-likeness (QED) is 0.406. The summed E-state index contributed by atoms with van der Waals surface area (Å²) in [5, 5.41) is 7.89. The van der Waals surface area contributed by atoms with Crippen LogP contribution in [0.2, 0.25) is 0 Å². The van der Waals surface area contributed by atoms with E-state index in [1.54, 1.807) is 0 Å². The predicted octanol–water partition coefficient (Wildman–Crippen LogP) is 1.46. The van der Waals surface area contributed by atoms with E-state index >= 15 is 0 Å². The highest BCUT2D eigenvalue weighted by molar-refractivity contribution is 6.63. The highest BCUT2D eigenvalue weighted by Gasteiger charge is 2.48. The Hall–Kier alpha value is -0.480. The molecule has 1 saturated heterocycles. The van der Waals surface area contributed by atoms with Gasteiger partial charge in [-0.15, -0.1) is 0 Å². The molecule has 0 radical (unpaired) electrons. The van der Waals surface area contributed by atoms with Gasteiger partial charge in [0.1, 0.15) is 0 Å². The predicted molar refractivity (Wildman–Crippen MR) is 43.4 cm³/mol. The summed E-state index contributed by atoms with van der Waals surface area (Å²) in [6, 6.07) is 0. The Morgan fingerprint density at radius 3 is 2.42 bits per heavy atom. The molecular formula is C6H7Cl2NO3. The molecule has 0 aromatic carbocycles. The van der Waals surface area contributed by atoms with Crippen LogP contribution in [0.15, 0.2) is 0 Å². The third-order valence-corrected chi connectivity index (χ3v) is 2.62. The molecule has 1 fully saturated rings. The molecule has 0 bridgehead atoms. The van der Waals surface area contributed by atoms with Gasteiger partial charge in [-0.2, -0.15) is 0 Å². The zero-order chi connectivity index (χ0) is 9.35. The molecule has 1 atom stereocenters. The summed E-state index contributed by atoms with van der Waals surface area (Å²) in [5.74, 6) is -1.23. The summed E-state index contributed by atoms with van der Waals surface area (Å²) in [6.07, 6.45) is 0.802. The van der Waals surface area contributed by atoms with Crippen molar-refractivity contribution in [3.8, 4) is 0 Å². The van der Waals surface area contributed by atoms with E-state index in [1.165, 1.54) is 0 Å². The topological polar surface area (TPSA) is 57.6 Å². The molecule has 1 rings (SSSR count). The average molecular weight is 212 g/mol. The van der Waals surface area contributed by atoms with Crippen LogP contribution in [-0.2, 0) is 4.79 Å². The lowest BCUT2D eigenvalue weighted by Crippen LogP contribution is -2.46. The number of aliphatic carboxylic acids is 1. The molecule has 0 aromatic heterocycles. The summed E-state index contributed by atoms with van der Waals surface area (Å²) >= 11 is 10.8. The van der Waals surface area contributed by atoms with Crippen molar-refractivity contribution < 1.29 is 14.7 Å². The molecule has 0 aliphatic carbocycles. The molecule has 1 amide bonds. The molecule has 4 nitrogen and oxygen atoms in total. The van der Waals surface area contributed by atoms with Gasteiger partial charge in [0.25, 0.3) is 0 Å². The second kappa shape index (κ2) is 3.11. The molecule has 12 heavy (non-hydrogen) atoms. The van der Waals surface area contributed by atoms with E-state index in [9.17, 15) is 9.59 Å². The van der Waals surface area contributed by atoms with Crippen molar-refractivity contribution >= 4 is 34.5 Å². The minimum atomic E-state index is -1.63. The van der Waals surface area contributed by atoms with Gasteiger partial charge in [-0.05, 0) is 24.4 Å². The molecule has 68 valence electrons. The first-order chi connectivity index (χ1) is 5.48. The normalized spacial score (nSPS) is 29.0. The van der Waals surface area contributed by atoms with Crippen molar-refractivity contribution in [2.75, 3.05) is 6.54 Å². The van der Waals surface area contributed by atoms with Crippen LogP contribution in [0.4, 0.5) is 4.79 Å². The van der Waals surface area contributed by atoms with Crippen LogP contribution in [0.5, 0.6) is 0 Å². The van der Waals surface area contributed by atoms with Crippen LogP contribution in [0, 0.1) is 0 Å². The van der Waals surface area contributed by atoms with E-state index in [2.05, 4.69) is 0 Å². The molecule has 1 aliphatic rings. The summed E-state index contributed by atoms with van der Waals surface area (Å²) in [6.45, 7) is 0.304. The van der Waals surface area contributed by atoms with Gasteiger partial charge in [-0.3, -0.25) is 4.79 Å². The Balaban J connectivity index is 2.89. The third-order valence-electron chi connectivity index (χ3n) is 1.86. The summed E-state index contributed by atoms with van der Waals surface area (Å²) < 4.78 is 0. The number of alkyl halides is 1. The fraction of sp³-hybridized carbons (Fsp3) is 0.667. The second-order valence-corrected chi connectivity index (χ2v) is 3.52. The lowest BCUT2D eigenvalue weighted by molar-refractivity contribution is -0.143. The number of carboxylic acid groups (broad SMARTS) is 1. The number of rotatable bonds is 1. The van der Waals surface area contributed by atoms with Gasteiger partial charge in [-0.25, -0.2) is 4.79 Å². The van der Waals surface area contributed by atoms with Crippen LogP contribution in [-0.4, -0.2) is 32.9 Å². The zero-order valence-corrected chi connectivity index (χ0v) is 7.60. The maximum absolute atomic E-state index is 10.7. The lowest BCUT2D eigenvalue weighted by Gasteiger charge is -2.26. The number of halogens is 2. The number of amides is 1. The van der Waals surface area contributed by atoms with Crippen LogP contribution >= 0.6 is 23.2 Å². The average Bonchev–Trinajstić information content (AvgIpc) is 2.32. The zero-order valence-electron chi connectivity index (χ0n) is 6.09. The van der Waals surface area contributed by atoms with Crippen molar-refractivity contribution in [2.24, 2.45) is 0 Å². The maximum Gasteiger partial charge on any atom is 0.345 e. The third kappa shape index (κ3) is 1.36. The van der Waals surface area contributed by atoms with Gasteiger partial charge in [0.2, 0.25) is 5.00 Å². The largest absolute Gasteiger partial charge is 0.479 e. The fourth-order valence-electron chi connectivity index (χ4n) is 1.23. The van der Waals surface area contributed by atoms with E-state index in [-0.39, 0.29) is 6.42 Å². The van der Waals surface area contributed by atoms with Crippen molar-refractivity contribution in [2.45, 2.75) is 17.8 Å². The van der Waals surface area contributed by atoms with Crippen molar-refractivity contribution in [3.05, 3.63) is 0 Å². The number of nitrogens with zero attached hydrogens (tertiary/aromatic N) is 1. The minimum absolute atomic E-state index is 0.238. The van der Waals surface area contributed by atoms with Crippen LogP contribution in [0.25, 0.3) is 0 Å². The molecule has 0 aromatic rings. The SMILES string of the molecule is O=C(Cl)N1CCCC1(Cl)C(=O)O. The van der Waals surface area contributed by atoms with E-state index in [1.807, 2.05) is 0 Å². The van der Waals surface area contributed by atoms with Gasteiger partial charge in [0.05, 0.1) is 0 Å². The van der Waals surface area contributed by atoms with Crippen molar-refractivity contribution in [1.29, 1.82) is 0 Å². The summed E-state index contributed by atoms with van der Waals surface area (Å²) in [4.78, 5) is 20.7. The van der Waals surface area contributed by atoms with Gasteiger partial charge in [-0.1, -0.05) is 11.6 Å². The standard InChI is InChI=1S/C6H7Cl2NO3/c7-5(12)9-3-1-2-6(9,8)4(10)11/h1-3H2,(H,10,11).